The van der Waals surface area contributed by atoms with Gasteiger partial charge in [-0.3, -0.25) is 0 Å². The molecule has 6 atom stereocenters. The number of fused-ring (bicyclic) bond motifs is 2. The first-order valence-electron chi connectivity index (χ1n) is 11.1. The highest BCUT2D eigenvalue weighted by molar-refractivity contribution is 4.74. The highest BCUT2D eigenvalue weighted by atomic mass is 35.5. The van der Waals surface area contributed by atoms with Gasteiger partial charge < -0.3 is 92.8 Å². The van der Waals surface area contributed by atoms with Crippen molar-refractivity contribution >= 4 is 0 Å². The van der Waals surface area contributed by atoms with Crippen LogP contribution in [-0.4, -0.2) is 71.2 Å². The molecule has 16 N–H and O–H groups in total. The van der Waals surface area contributed by atoms with Crippen LogP contribution in [0.4, 0.5) is 0 Å². The van der Waals surface area contributed by atoms with Crippen molar-refractivity contribution < 1.29 is 92.8 Å². The van der Waals surface area contributed by atoms with Gasteiger partial charge in [-0.25, -0.2) is 0 Å². The lowest BCUT2D eigenvalue weighted by atomic mass is 9.88. The van der Waals surface area contributed by atoms with Gasteiger partial charge in [0, 0.05) is 38.5 Å². The summed E-state index contributed by atoms with van der Waals surface area (Å²) < 4.78 is 0. The average Bonchev–Trinajstić information content (AvgIpc) is 2.57. The Hall–Kier alpha value is 0.840. The predicted octanol–water partition coefficient (Wildman–Crippen LogP) is -16.8. The van der Waals surface area contributed by atoms with Crippen LogP contribution in [0, 0.1) is 0 Å². The van der Waals surface area contributed by atoms with E-state index in [0.29, 0.717) is 0 Å². The van der Waals surface area contributed by atoms with E-state index in [1.54, 1.807) is 0 Å². The molecule has 0 aromatic rings. The summed E-state index contributed by atoms with van der Waals surface area (Å²) in [6.07, 6.45) is 14.4. The number of hydrogen-bond acceptors (Lipinski definition) is 0. The zero-order valence-corrected chi connectivity index (χ0v) is 22.8. The quantitative estimate of drug-likeness (QED) is 0.221. The molecule has 0 aromatic heterocycles. The van der Waals surface area contributed by atoms with E-state index < -0.39 is 0 Å². The Bertz CT molecular complexity index is 362. The van der Waals surface area contributed by atoms with Crippen molar-refractivity contribution in [2.24, 2.45) is 0 Å². The Morgan fingerprint density at radius 2 is 0.719 bits per heavy atom. The van der Waals surface area contributed by atoms with Crippen molar-refractivity contribution in [3.63, 3.8) is 0 Å². The molecule has 3 fully saturated rings. The van der Waals surface area contributed by atoms with Crippen molar-refractivity contribution in [3.8, 4) is 0 Å². The molecule has 1 heterocycles. The first kappa shape index (κ1) is 46.2. The highest BCUT2D eigenvalue weighted by Crippen LogP contribution is 2.15. The maximum Gasteiger partial charge on any atom is 0.138 e. The largest absolute Gasteiger partial charge is 1.00 e. The Labute approximate surface area is 219 Å². The third-order valence-electron chi connectivity index (χ3n) is 7.08. The van der Waals surface area contributed by atoms with E-state index in [2.05, 4.69) is 35.1 Å². The van der Waals surface area contributed by atoms with Gasteiger partial charge >= 0.3 is 0 Å². The zero-order chi connectivity index (χ0) is 16.8. The lowest BCUT2D eigenvalue weighted by molar-refractivity contribution is -0.813. The molecule has 0 unspecified atom stereocenters. The molecule has 32 heavy (non-hydrogen) atoms. The second kappa shape index (κ2) is 24.9. The summed E-state index contributed by atoms with van der Waals surface area (Å²) in [7, 11) is 0. The number of rotatable bonds is 0. The molecule has 3 aliphatic rings. The normalized spacial score (nSPS) is 32.4. The van der Waals surface area contributed by atoms with Crippen molar-refractivity contribution in [2.45, 2.75) is 114 Å². The van der Waals surface area contributed by atoms with Gasteiger partial charge in [-0.2, -0.15) is 0 Å². The zero-order valence-electron chi connectivity index (χ0n) is 19.8. The average molecular weight is 554 g/mol. The summed E-state index contributed by atoms with van der Waals surface area (Å²) in [5, 5.41) is 10.9. The smallest absolute Gasteiger partial charge is 0.138 e. The van der Waals surface area contributed by atoms with E-state index in [4.69, 9.17) is 0 Å². The summed E-state index contributed by atoms with van der Waals surface area (Å²) in [4.78, 5) is 0. The lowest BCUT2D eigenvalue weighted by Gasteiger charge is -2.32. The van der Waals surface area contributed by atoms with Crippen LogP contribution in [0.3, 0.4) is 0 Å². The molecule has 8 nitrogen and oxygen atoms in total. The molecule has 2 aliphatic carbocycles. The fourth-order valence-electron chi connectivity index (χ4n) is 5.62. The Kier molecular flexibility index (Phi) is 36.0. The predicted molar refractivity (Wildman–Crippen MR) is 112 cm³/mol. The molecule has 0 spiro atoms. The van der Waals surface area contributed by atoms with E-state index >= 15 is 0 Å². The standard InChI is InChI=1S/C20H40N4.4ClH.4H2O/c1-15-11-13-21-18-8-4-6-10-20(18)24-16(2)12-14-22-17-7-3-5-9-19(17)23-15;;;;;;;;/h15-24H,3-14H2,1-2H3;4*1H;4*1H2/t15-,16+,17-,18+,19-,20+;;;;;;;;. The van der Waals surface area contributed by atoms with Crippen LogP contribution in [0.2, 0.25) is 0 Å². The van der Waals surface area contributed by atoms with Crippen LogP contribution in [0.1, 0.15) is 78.1 Å². The van der Waals surface area contributed by atoms with Crippen molar-refractivity contribution in [3.05, 3.63) is 0 Å². The number of quaternary nitrogens is 4. The van der Waals surface area contributed by atoms with Gasteiger partial charge in [0.2, 0.25) is 0 Å². The molecular weight excluding hydrogens is 502 g/mol. The second-order valence-corrected chi connectivity index (χ2v) is 9.19. The fraction of sp³-hybridized carbons (Fsp3) is 1.00. The Balaban J connectivity index is -0.000000211. The molecule has 0 radical (unpaired) electrons. The monoisotopic (exact) mass is 552 g/mol. The molecule has 0 amide bonds. The molecule has 2 saturated carbocycles. The van der Waals surface area contributed by atoms with Crippen molar-refractivity contribution in [2.75, 3.05) is 13.1 Å². The van der Waals surface area contributed by atoms with Gasteiger partial charge in [0.15, 0.2) is 0 Å². The maximum absolute atomic E-state index is 2.74. The lowest BCUT2D eigenvalue weighted by Crippen LogP contribution is -3.08. The summed E-state index contributed by atoms with van der Waals surface area (Å²) >= 11 is 0. The van der Waals surface area contributed by atoms with Crippen molar-refractivity contribution in [1.29, 1.82) is 0 Å². The second-order valence-electron chi connectivity index (χ2n) is 9.19. The van der Waals surface area contributed by atoms with Gasteiger partial charge in [-0.15, -0.1) is 0 Å². The van der Waals surface area contributed by atoms with E-state index in [9.17, 15) is 0 Å². The molecule has 3 rings (SSSR count). The molecule has 0 aromatic carbocycles. The van der Waals surface area contributed by atoms with Crippen LogP contribution in [-0.2, 0) is 0 Å². The SMILES string of the molecule is C[C@@H]1CC[NH2+][C@H]2CCCC[C@@H]2[NH2+][C@@H](C)CC[NH2+][C@@H]2CCCC[C@H]2[NH2+]1.O.O.O.O.[Cl-].[Cl-].[Cl-].[Cl-]. The van der Waals surface area contributed by atoms with E-state index in [0.717, 1.165) is 36.3 Å². The van der Waals surface area contributed by atoms with Gasteiger partial charge in [-0.05, 0) is 39.5 Å². The van der Waals surface area contributed by atoms with Crippen LogP contribution in [0.15, 0.2) is 0 Å². The summed E-state index contributed by atoms with van der Waals surface area (Å²) in [5.74, 6) is 0. The fourth-order valence-corrected chi connectivity index (χ4v) is 5.62. The number of halogens is 4. The van der Waals surface area contributed by atoms with Gasteiger partial charge in [-0.1, -0.05) is 0 Å². The van der Waals surface area contributed by atoms with Gasteiger partial charge in [0.1, 0.15) is 24.2 Å². The molecule has 1 aliphatic heterocycles. The van der Waals surface area contributed by atoms with Crippen LogP contribution < -0.4 is 70.9 Å². The molecule has 204 valence electrons. The third kappa shape index (κ3) is 15.0. The minimum Gasteiger partial charge on any atom is -1.00 e. The summed E-state index contributed by atoms with van der Waals surface area (Å²) in [6, 6.07) is 5.10. The number of nitrogens with two attached hydrogens (primary N) is 4. The summed E-state index contributed by atoms with van der Waals surface area (Å²) in [5.41, 5.74) is 0. The Morgan fingerprint density at radius 3 is 1.03 bits per heavy atom. The molecule has 0 bridgehead atoms. The summed E-state index contributed by atoms with van der Waals surface area (Å²) in [6.45, 7) is 7.61. The topological polar surface area (TPSA) is 192 Å². The van der Waals surface area contributed by atoms with Gasteiger partial charge in [0.25, 0.3) is 0 Å². The Morgan fingerprint density at radius 1 is 0.438 bits per heavy atom. The van der Waals surface area contributed by atoms with E-state index in [-0.39, 0.29) is 71.5 Å². The van der Waals surface area contributed by atoms with E-state index in [1.165, 1.54) is 77.3 Å². The minimum absolute atomic E-state index is 0. The third-order valence-corrected chi connectivity index (χ3v) is 7.08. The van der Waals surface area contributed by atoms with Crippen LogP contribution in [0.5, 0.6) is 0 Å². The minimum atomic E-state index is 0. The molecular formula is C20H52Cl4N4O4. The first-order chi connectivity index (χ1) is 11.7. The van der Waals surface area contributed by atoms with Crippen LogP contribution in [0.25, 0.3) is 0 Å². The van der Waals surface area contributed by atoms with E-state index in [1.807, 2.05) is 0 Å². The maximum atomic E-state index is 2.74. The van der Waals surface area contributed by atoms with Gasteiger partial charge in [0.05, 0.1) is 25.2 Å². The van der Waals surface area contributed by atoms with Crippen LogP contribution >= 0.6 is 0 Å². The molecule has 12 heteroatoms. The van der Waals surface area contributed by atoms with Crippen molar-refractivity contribution in [1.82, 2.24) is 0 Å². The highest BCUT2D eigenvalue weighted by Gasteiger charge is 2.35. The number of hydrogen-bond donors (Lipinski definition) is 4. The molecule has 1 saturated heterocycles. The first-order valence-corrected chi connectivity index (χ1v) is 11.1.